The Kier molecular flexibility index (Phi) is 9.03. The lowest BCUT2D eigenvalue weighted by atomic mass is 9.47. The van der Waals surface area contributed by atoms with Crippen LogP contribution in [0.25, 0.3) is 5.57 Å². The topological polar surface area (TPSA) is 97.8 Å². The van der Waals surface area contributed by atoms with Gasteiger partial charge >= 0.3 is 12.1 Å². The number of allylic oxidation sites excluding steroid dienone is 3. The fourth-order valence-electron chi connectivity index (χ4n) is 8.65. The Morgan fingerprint density at radius 1 is 1.07 bits per heavy atom. The second-order valence-corrected chi connectivity index (χ2v) is 15.1. The van der Waals surface area contributed by atoms with Crippen LogP contribution in [0.2, 0.25) is 0 Å². The van der Waals surface area contributed by atoms with E-state index in [-0.39, 0.29) is 36.1 Å². The Morgan fingerprint density at radius 3 is 2.50 bits per heavy atom. The van der Waals surface area contributed by atoms with Gasteiger partial charge in [-0.1, -0.05) is 37.6 Å². The maximum atomic E-state index is 12.8. The molecule has 4 aliphatic carbocycles. The number of carbonyl (C=O) groups is 3. The number of hydrogen-bond acceptors (Lipinski definition) is 6. The molecule has 0 unspecified atom stereocenters. The number of pyridine rings is 1. The van der Waals surface area contributed by atoms with Gasteiger partial charge in [-0.15, -0.1) is 0 Å². The average molecular weight is 606 g/mol. The van der Waals surface area contributed by atoms with Crippen LogP contribution in [0, 0.1) is 28.6 Å². The van der Waals surface area contributed by atoms with E-state index in [1.54, 1.807) is 20.8 Å². The van der Waals surface area contributed by atoms with Gasteiger partial charge in [-0.25, -0.2) is 4.79 Å². The number of fused-ring (bicyclic) bond motifs is 5. The SMILES string of the molecule is CC(C)N(CC(=O)NCC(=O)O[C@H]1CC[C@@]2(C)C(=CC[C@@H]3[C@@H]2CC[C@]2(C)C(c4cccnc4)=CC[C@@H]32)C1)C(=O)OC(C)(C)C. The molecule has 8 nitrogen and oxygen atoms in total. The molecule has 6 atom stereocenters. The summed E-state index contributed by atoms with van der Waals surface area (Å²) in [5.41, 5.74) is 3.87. The molecule has 0 bridgehead atoms. The summed E-state index contributed by atoms with van der Waals surface area (Å²) in [6, 6.07) is 4.02. The minimum Gasteiger partial charge on any atom is -0.461 e. The molecule has 1 aromatic rings. The maximum absolute atomic E-state index is 12.8. The summed E-state index contributed by atoms with van der Waals surface area (Å²) >= 11 is 0. The van der Waals surface area contributed by atoms with Crippen molar-refractivity contribution in [2.45, 2.75) is 111 Å². The van der Waals surface area contributed by atoms with Crippen molar-refractivity contribution in [1.82, 2.24) is 15.2 Å². The second-order valence-electron chi connectivity index (χ2n) is 15.1. The predicted molar refractivity (Wildman–Crippen MR) is 170 cm³/mol. The number of esters is 1. The van der Waals surface area contributed by atoms with Crippen molar-refractivity contribution in [1.29, 1.82) is 0 Å². The summed E-state index contributed by atoms with van der Waals surface area (Å²) < 4.78 is 11.3. The van der Waals surface area contributed by atoms with Crippen LogP contribution in [-0.4, -0.2) is 58.7 Å². The van der Waals surface area contributed by atoms with E-state index in [1.807, 2.05) is 32.3 Å². The Bertz CT molecular complexity index is 1310. The lowest BCUT2D eigenvalue weighted by Crippen LogP contribution is -2.50. The van der Waals surface area contributed by atoms with Crippen LogP contribution in [0.4, 0.5) is 4.79 Å². The van der Waals surface area contributed by atoms with Crippen molar-refractivity contribution in [3.05, 3.63) is 47.8 Å². The Morgan fingerprint density at radius 2 is 1.82 bits per heavy atom. The highest BCUT2D eigenvalue weighted by atomic mass is 16.6. The van der Waals surface area contributed by atoms with Crippen LogP contribution in [-0.2, 0) is 19.1 Å². The average Bonchev–Trinajstić information content (AvgIpc) is 3.31. The van der Waals surface area contributed by atoms with Crippen molar-refractivity contribution >= 4 is 23.5 Å². The van der Waals surface area contributed by atoms with Crippen LogP contribution >= 0.6 is 0 Å². The molecule has 0 spiro atoms. The van der Waals surface area contributed by atoms with Crippen molar-refractivity contribution in [2.24, 2.45) is 28.6 Å². The third-order valence-electron chi connectivity index (χ3n) is 10.9. The normalized spacial score (nSPS) is 31.1. The summed E-state index contributed by atoms with van der Waals surface area (Å²) in [4.78, 5) is 43.7. The van der Waals surface area contributed by atoms with Crippen LogP contribution < -0.4 is 5.32 Å². The van der Waals surface area contributed by atoms with E-state index in [1.165, 1.54) is 34.5 Å². The van der Waals surface area contributed by atoms with Crippen LogP contribution in [0.3, 0.4) is 0 Å². The van der Waals surface area contributed by atoms with E-state index in [4.69, 9.17) is 9.47 Å². The molecular formula is C36H51N3O5. The molecule has 0 aliphatic heterocycles. The van der Waals surface area contributed by atoms with Crippen LogP contribution in [0.1, 0.15) is 99.0 Å². The molecule has 0 aromatic carbocycles. The van der Waals surface area contributed by atoms with E-state index in [0.717, 1.165) is 32.1 Å². The first kappa shape index (κ1) is 32.2. The number of nitrogens with zero attached hydrogens (tertiary/aromatic N) is 2. The minimum atomic E-state index is -0.662. The number of amides is 2. The van der Waals surface area contributed by atoms with Gasteiger partial charge in [0.05, 0.1) is 0 Å². The molecule has 1 N–H and O–H groups in total. The molecule has 4 aliphatic rings. The first-order chi connectivity index (χ1) is 20.7. The van der Waals surface area contributed by atoms with Crippen molar-refractivity contribution < 1.29 is 23.9 Å². The van der Waals surface area contributed by atoms with Crippen molar-refractivity contribution in [3.63, 3.8) is 0 Å². The van der Waals surface area contributed by atoms with E-state index in [2.05, 4.69) is 42.4 Å². The van der Waals surface area contributed by atoms with Crippen LogP contribution in [0.5, 0.6) is 0 Å². The van der Waals surface area contributed by atoms with Gasteiger partial charge < -0.3 is 14.8 Å². The Balaban J connectivity index is 1.15. The molecule has 0 radical (unpaired) electrons. The smallest absolute Gasteiger partial charge is 0.410 e. The number of hydrogen-bond donors (Lipinski definition) is 1. The molecule has 2 saturated carbocycles. The molecule has 5 rings (SSSR count). The molecule has 2 amide bonds. The first-order valence-electron chi connectivity index (χ1n) is 16.5. The highest BCUT2D eigenvalue weighted by Crippen LogP contribution is 2.66. The first-order valence-corrected chi connectivity index (χ1v) is 16.5. The van der Waals surface area contributed by atoms with Gasteiger partial charge in [0.25, 0.3) is 0 Å². The quantitative estimate of drug-likeness (QED) is 0.274. The zero-order chi connectivity index (χ0) is 31.9. The summed E-state index contributed by atoms with van der Waals surface area (Å²) in [7, 11) is 0. The van der Waals surface area contributed by atoms with Gasteiger partial charge in [-0.2, -0.15) is 0 Å². The van der Waals surface area contributed by atoms with E-state index >= 15 is 0 Å². The molecule has 0 saturated heterocycles. The monoisotopic (exact) mass is 605 g/mol. The number of aromatic nitrogens is 1. The van der Waals surface area contributed by atoms with Gasteiger partial charge in [-0.05, 0) is 119 Å². The van der Waals surface area contributed by atoms with Crippen molar-refractivity contribution in [2.75, 3.05) is 13.1 Å². The van der Waals surface area contributed by atoms with E-state index < -0.39 is 23.6 Å². The van der Waals surface area contributed by atoms with Crippen LogP contribution in [0.15, 0.2) is 42.3 Å². The lowest BCUT2D eigenvalue weighted by molar-refractivity contribution is -0.151. The molecule has 1 aromatic heterocycles. The molecule has 240 valence electrons. The minimum absolute atomic E-state index is 0.139. The third kappa shape index (κ3) is 6.45. The van der Waals surface area contributed by atoms with E-state index in [0.29, 0.717) is 17.8 Å². The molecular weight excluding hydrogens is 554 g/mol. The number of carbonyl (C=O) groups excluding carboxylic acids is 3. The number of ether oxygens (including phenoxy) is 2. The molecule has 44 heavy (non-hydrogen) atoms. The number of rotatable bonds is 7. The predicted octanol–water partition coefficient (Wildman–Crippen LogP) is 6.71. The highest BCUT2D eigenvalue weighted by molar-refractivity contribution is 5.85. The van der Waals surface area contributed by atoms with Gasteiger partial charge in [-0.3, -0.25) is 19.5 Å². The zero-order valence-electron chi connectivity index (χ0n) is 27.7. The molecule has 2 fully saturated rings. The summed E-state index contributed by atoms with van der Waals surface area (Å²) in [6.45, 7) is 13.5. The van der Waals surface area contributed by atoms with Gasteiger partial charge in [0.15, 0.2) is 0 Å². The maximum Gasteiger partial charge on any atom is 0.410 e. The third-order valence-corrected chi connectivity index (χ3v) is 10.9. The van der Waals surface area contributed by atoms with Gasteiger partial charge in [0.2, 0.25) is 5.91 Å². The van der Waals surface area contributed by atoms with Gasteiger partial charge in [0.1, 0.15) is 24.8 Å². The fraction of sp³-hybridized carbons (Fsp3) is 0.667. The lowest BCUT2D eigenvalue weighted by Gasteiger charge is -2.57. The summed E-state index contributed by atoms with van der Waals surface area (Å²) in [5, 5.41) is 2.63. The highest BCUT2D eigenvalue weighted by Gasteiger charge is 2.57. The number of nitrogens with one attached hydrogen (secondary N) is 1. The Labute approximate surface area is 263 Å². The molecule has 1 heterocycles. The zero-order valence-corrected chi connectivity index (χ0v) is 27.7. The standard InChI is InChI=1S/C36H51N3O5/c1-23(2)39(33(42)44-34(3,4)5)22-31(40)38-21-32(41)43-26-14-16-35(6)25(19-26)10-11-27-29-13-12-28(24-9-8-18-37-20-24)36(29,7)17-15-30(27)35/h8-10,12,18,20,23,26-27,29-30H,11,13-17,19,21-22H2,1-7H3,(H,38,40)/t26-,27-,29-,30-,35-,36+/m0/s1. The summed E-state index contributed by atoms with van der Waals surface area (Å²) in [6.07, 6.45) is 15.3. The fourth-order valence-corrected chi connectivity index (χ4v) is 8.65. The van der Waals surface area contributed by atoms with Gasteiger partial charge in [0, 0.05) is 24.9 Å². The second kappa shape index (κ2) is 12.3. The summed E-state index contributed by atoms with van der Waals surface area (Å²) in [5.74, 6) is 1.09. The van der Waals surface area contributed by atoms with Crippen molar-refractivity contribution in [3.8, 4) is 0 Å². The largest absolute Gasteiger partial charge is 0.461 e. The Hall–Kier alpha value is -3.16. The van der Waals surface area contributed by atoms with E-state index in [9.17, 15) is 14.4 Å². The molecule has 8 heteroatoms.